The number of rotatable bonds is 2. The smallest absolute Gasteiger partial charge is 0.272 e. The molecule has 0 spiro atoms. The summed E-state index contributed by atoms with van der Waals surface area (Å²) in [6.07, 6.45) is 7.13. The predicted molar refractivity (Wildman–Crippen MR) is 84.0 cm³/mol. The number of pyridine rings is 1. The Morgan fingerprint density at radius 3 is 2.62 bits per heavy atom. The molecule has 3 heterocycles. The molecule has 0 N–H and O–H groups in total. The Hall–Kier alpha value is -1.55. The van der Waals surface area contributed by atoms with Crippen LogP contribution in [0.3, 0.4) is 0 Å². The van der Waals surface area contributed by atoms with Crippen molar-refractivity contribution in [3.05, 3.63) is 34.7 Å². The van der Waals surface area contributed by atoms with Crippen LogP contribution in [-0.2, 0) is 6.42 Å². The third-order valence-electron chi connectivity index (χ3n) is 4.09. The molecule has 1 aliphatic rings. The highest BCUT2D eigenvalue weighted by molar-refractivity contribution is 6.30. The van der Waals surface area contributed by atoms with Crippen molar-refractivity contribution in [2.24, 2.45) is 0 Å². The van der Waals surface area contributed by atoms with Crippen LogP contribution in [0, 0.1) is 0 Å². The van der Waals surface area contributed by atoms with Crippen LogP contribution in [0.2, 0.25) is 5.02 Å². The van der Waals surface area contributed by atoms with Crippen LogP contribution in [-0.4, -0.2) is 33.3 Å². The number of hydrogen-bond donors (Lipinski definition) is 0. The van der Waals surface area contributed by atoms with E-state index in [1.54, 1.807) is 6.20 Å². The molecule has 112 valence electrons. The van der Waals surface area contributed by atoms with E-state index in [0.29, 0.717) is 10.7 Å². The van der Waals surface area contributed by atoms with E-state index in [4.69, 9.17) is 11.6 Å². The number of likely N-dealkylation sites (tertiary alicyclic amines) is 1. The van der Waals surface area contributed by atoms with Gasteiger partial charge in [-0.05, 0) is 31.4 Å². The highest BCUT2D eigenvalue weighted by Gasteiger charge is 2.24. The number of nitrogens with zero attached hydrogens (tertiary/aromatic N) is 3. The van der Waals surface area contributed by atoms with Crippen molar-refractivity contribution in [2.45, 2.75) is 39.0 Å². The second-order valence-electron chi connectivity index (χ2n) is 5.54. The van der Waals surface area contributed by atoms with Gasteiger partial charge in [-0.25, -0.2) is 4.98 Å². The third kappa shape index (κ3) is 2.77. The van der Waals surface area contributed by atoms with Crippen LogP contribution < -0.4 is 0 Å². The number of carbonyl (C=O) groups excluding carboxylic acids is 1. The van der Waals surface area contributed by atoms with Gasteiger partial charge in [0.25, 0.3) is 5.91 Å². The maximum absolute atomic E-state index is 12.9. The summed E-state index contributed by atoms with van der Waals surface area (Å²) in [6.45, 7) is 3.72. The van der Waals surface area contributed by atoms with Gasteiger partial charge in [0.2, 0.25) is 0 Å². The number of aromatic nitrogens is 2. The largest absolute Gasteiger partial charge is 0.337 e. The predicted octanol–water partition coefficient (Wildman–Crippen LogP) is 3.57. The fourth-order valence-electron chi connectivity index (χ4n) is 2.96. The highest BCUT2D eigenvalue weighted by Crippen LogP contribution is 2.20. The Morgan fingerprint density at radius 2 is 1.95 bits per heavy atom. The molecule has 2 aromatic rings. The number of amides is 1. The fraction of sp³-hybridized carbons (Fsp3) is 0.500. The molecule has 4 nitrogen and oxygen atoms in total. The van der Waals surface area contributed by atoms with E-state index in [1.165, 1.54) is 12.8 Å². The average molecular weight is 306 g/mol. The van der Waals surface area contributed by atoms with Crippen molar-refractivity contribution in [1.29, 1.82) is 0 Å². The summed E-state index contributed by atoms with van der Waals surface area (Å²) in [4.78, 5) is 19.5. The quantitative estimate of drug-likeness (QED) is 0.850. The van der Waals surface area contributed by atoms with Gasteiger partial charge in [-0.3, -0.25) is 9.20 Å². The number of halogens is 1. The van der Waals surface area contributed by atoms with Gasteiger partial charge >= 0.3 is 0 Å². The number of aryl methyl sites for hydroxylation is 1. The first-order chi connectivity index (χ1) is 10.2. The number of imidazole rings is 1. The van der Waals surface area contributed by atoms with Gasteiger partial charge in [0.15, 0.2) is 0 Å². The first-order valence-corrected chi connectivity index (χ1v) is 8.04. The molecule has 0 aromatic carbocycles. The minimum Gasteiger partial charge on any atom is -0.337 e. The summed E-state index contributed by atoms with van der Waals surface area (Å²) >= 11 is 6.09. The van der Waals surface area contributed by atoms with Crippen LogP contribution in [0.15, 0.2) is 18.3 Å². The lowest BCUT2D eigenvalue weighted by Gasteiger charge is -2.20. The summed E-state index contributed by atoms with van der Waals surface area (Å²) in [6, 6.07) is 3.67. The maximum Gasteiger partial charge on any atom is 0.272 e. The van der Waals surface area contributed by atoms with Crippen molar-refractivity contribution in [2.75, 3.05) is 13.1 Å². The molecule has 0 bridgehead atoms. The van der Waals surface area contributed by atoms with E-state index >= 15 is 0 Å². The van der Waals surface area contributed by atoms with Gasteiger partial charge in [-0.2, -0.15) is 0 Å². The van der Waals surface area contributed by atoms with Gasteiger partial charge in [-0.1, -0.05) is 31.4 Å². The van der Waals surface area contributed by atoms with E-state index in [0.717, 1.165) is 43.7 Å². The summed E-state index contributed by atoms with van der Waals surface area (Å²) in [5.74, 6) is 0.0866. The number of hydrogen-bond acceptors (Lipinski definition) is 2. The van der Waals surface area contributed by atoms with Gasteiger partial charge in [0.05, 0.1) is 10.7 Å². The number of carbonyl (C=O) groups is 1. The lowest BCUT2D eigenvalue weighted by Crippen LogP contribution is -2.33. The molecule has 1 aliphatic heterocycles. The molecule has 0 unspecified atom stereocenters. The Morgan fingerprint density at radius 1 is 1.24 bits per heavy atom. The first kappa shape index (κ1) is 14.4. The van der Waals surface area contributed by atoms with Crippen molar-refractivity contribution in [1.82, 2.24) is 14.3 Å². The molecule has 1 saturated heterocycles. The first-order valence-electron chi connectivity index (χ1n) is 7.66. The summed E-state index contributed by atoms with van der Waals surface area (Å²) < 4.78 is 1.84. The molecule has 3 rings (SSSR count). The lowest BCUT2D eigenvalue weighted by atomic mass is 10.2. The second kappa shape index (κ2) is 6.06. The molecular formula is C16H20ClN3O. The van der Waals surface area contributed by atoms with Crippen molar-refractivity contribution in [3.8, 4) is 0 Å². The zero-order valence-corrected chi connectivity index (χ0v) is 13.1. The molecule has 5 heteroatoms. The molecule has 0 aliphatic carbocycles. The standard InChI is InChI=1S/C16H20ClN3O/c1-2-13-15(16(21)19-9-5-3-4-6-10-19)20-11-12(17)7-8-14(20)18-13/h7-8,11H,2-6,9-10H2,1H3. The van der Waals surface area contributed by atoms with Gasteiger partial charge in [-0.15, -0.1) is 0 Å². The maximum atomic E-state index is 12.9. The minimum atomic E-state index is 0.0866. The normalized spacial score (nSPS) is 16.2. The van der Waals surface area contributed by atoms with Crippen LogP contribution in [0.25, 0.3) is 5.65 Å². The Labute approximate surface area is 129 Å². The average Bonchev–Trinajstić information content (AvgIpc) is 2.66. The van der Waals surface area contributed by atoms with Crippen molar-refractivity contribution >= 4 is 23.2 Å². The van der Waals surface area contributed by atoms with Crippen LogP contribution >= 0.6 is 11.6 Å². The van der Waals surface area contributed by atoms with Crippen LogP contribution in [0.5, 0.6) is 0 Å². The molecule has 1 fully saturated rings. The Balaban J connectivity index is 2.04. The highest BCUT2D eigenvalue weighted by atomic mass is 35.5. The second-order valence-corrected chi connectivity index (χ2v) is 5.98. The summed E-state index contributed by atoms with van der Waals surface area (Å²) in [7, 11) is 0. The minimum absolute atomic E-state index is 0.0866. The summed E-state index contributed by atoms with van der Waals surface area (Å²) in [5, 5.41) is 0.618. The van der Waals surface area contributed by atoms with Crippen LogP contribution in [0.1, 0.15) is 48.8 Å². The molecule has 21 heavy (non-hydrogen) atoms. The van der Waals surface area contributed by atoms with Crippen molar-refractivity contribution < 1.29 is 4.79 Å². The molecule has 0 saturated carbocycles. The van der Waals surface area contributed by atoms with E-state index in [9.17, 15) is 4.79 Å². The Kier molecular flexibility index (Phi) is 4.15. The lowest BCUT2D eigenvalue weighted by molar-refractivity contribution is 0.0753. The topological polar surface area (TPSA) is 37.6 Å². The fourth-order valence-corrected chi connectivity index (χ4v) is 3.12. The zero-order chi connectivity index (χ0) is 14.8. The zero-order valence-electron chi connectivity index (χ0n) is 12.3. The van der Waals surface area contributed by atoms with Gasteiger partial charge in [0.1, 0.15) is 11.3 Å². The Bertz CT molecular complexity index is 657. The SMILES string of the molecule is CCc1nc2ccc(Cl)cn2c1C(=O)N1CCCCCC1. The van der Waals surface area contributed by atoms with E-state index < -0.39 is 0 Å². The third-order valence-corrected chi connectivity index (χ3v) is 4.31. The van der Waals surface area contributed by atoms with E-state index in [1.807, 2.05) is 28.4 Å². The monoisotopic (exact) mass is 305 g/mol. The molecular weight excluding hydrogens is 286 g/mol. The van der Waals surface area contributed by atoms with Crippen LogP contribution in [0.4, 0.5) is 0 Å². The van der Waals surface area contributed by atoms with E-state index in [-0.39, 0.29) is 5.91 Å². The number of fused-ring (bicyclic) bond motifs is 1. The van der Waals surface area contributed by atoms with E-state index in [2.05, 4.69) is 4.98 Å². The summed E-state index contributed by atoms with van der Waals surface area (Å²) in [5.41, 5.74) is 2.32. The molecule has 0 radical (unpaired) electrons. The molecule has 0 atom stereocenters. The molecule has 1 amide bonds. The van der Waals surface area contributed by atoms with Crippen molar-refractivity contribution in [3.63, 3.8) is 0 Å². The molecule has 2 aromatic heterocycles. The van der Waals surface area contributed by atoms with Gasteiger partial charge < -0.3 is 4.90 Å². The van der Waals surface area contributed by atoms with Gasteiger partial charge in [0, 0.05) is 19.3 Å².